The third kappa shape index (κ3) is 5.03. The van der Waals surface area contributed by atoms with Gasteiger partial charge in [0.15, 0.2) is 5.82 Å². The number of aromatic nitrogens is 4. The summed E-state index contributed by atoms with van der Waals surface area (Å²) in [7, 11) is 0. The molecule has 156 valence electrons. The predicted molar refractivity (Wildman–Crippen MR) is 108 cm³/mol. The number of rotatable bonds is 4. The minimum atomic E-state index is -4.66. The molecule has 2 heterocycles. The Labute approximate surface area is 182 Å². The average molecular weight is 502 g/mol. The van der Waals surface area contributed by atoms with Crippen LogP contribution in [0.4, 0.5) is 23.7 Å². The quantitative estimate of drug-likeness (QED) is 0.509. The van der Waals surface area contributed by atoms with Crippen LogP contribution < -0.4 is 10.6 Å². The first-order valence-corrected chi connectivity index (χ1v) is 9.56. The van der Waals surface area contributed by atoms with Crippen molar-refractivity contribution in [3.63, 3.8) is 0 Å². The van der Waals surface area contributed by atoms with Crippen molar-refractivity contribution >= 4 is 39.2 Å². The van der Waals surface area contributed by atoms with Crippen LogP contribution in [0.1, 0.15) is 24.2 Å². The largest absolute Gasteiger partial charge is 0.417 e. The van der Waals surface area contributed by atoms with E-state index in [4.69, 9.17) is 11.6 Å². The minimum absolute atomic E-state index is 0.0952. The van der Waals surface area contributed by atoms with Crippen LogP contribution in [0.5, 0.6) is 0 Å². The second-order valence-corrected chi connectivity index (χ2v) is 7.25. The van der Waals surface area contributed by atoms with Crippen LogP contribution >= 0.6 is 27.5 Å². The first-order valence-electron chi connectivity index (χ1n) is 8.39. The highest BCUT2D eigenvalue weighted by molar-refractivity contribution is 9.10. The third-order valence-corrected chi connectivity index (χ3v) is 4.84. The summed E-state index contributed by atoms with van der Waals surface area (Å²) in [5.41, 5.74) is -0.390. The van der Waals surface area contributed by atoms with E-state index in [1.165, 1.54) is 12.4 Å². The molecular weight excluding hydrogens is 489 g/mol. The monoisotopic (exact) mass is 500 g/mol. The molecule has 0 aliphatic heterocycles. The summed E-state index contributed by atoms with van der Waals surface area (Å²) >= 11 is 8.75. The first-order chi connectivity index (χ1) is 14.2. The van der Waals surface area contributed by atoms with Crippen LogP contribution in [0.2, 0.25) is 5.02 Å². The van der Waals surface area contributed by atoms with Crippen molar-refractivity contribution in [2.45, 2.75) is 19.1 Å². The molecule has 3 rings (SSSR count). The summed E-state index contributed by atoms with van der Waals surface area (Å²) in [6, 6.07) is 2.07. The van der Waals surface area contributed by atoms with Gasteiger partial charge < -0.3 is 10.6 Å². The van der Waals surface area contributed by atoms with E-state index >= 15 is 0 Å². The zero-order valence-electron chi connectivity index (χ0n) is 15.2. The van der Waals surface area contributed by atoms with E-state index in [0.29, 0.717) is 17.2 Å². The Bertz CT molecular complexity index is 1070. The Morgan fingerprint density at radius 3 is 2.43 bits per heavy atom. The molecule has 2 N–H and O–H groups in total. The molecule has 0 fully saturated rings. The highest BCUT2D eigenvalue weighted by atomic mass is 79.9. The fourth-order valence-corrected chi connectivity index (χ4v) is 3.39. The van der Waals surface area contributed by atoms with Crippen molar-refractivity contribution in [2.75, 3.05) is 5.32 Å². The fraction of sp³-hybridized carbons (Fsp3) is 0.167. The molecule has 7 nitrogen and oxygen atoms in total. The zero-order valence-corrected chi connectivity index (χ0v) is 17.5. The summed E-state index contributed by atoms with van der Waals surface area (Å²) in [5.74, 6) is 0.324. The van der Waals surface area contributed by atoms with Gasteiger partial charge >= 0.3 is 12.2 Å². The van der Waals surface area contributed by atoms with E-state index in [1.54, 1.807) is 25.4 Å². The highest BCUT2D eigenvalue weighted by Crippen LogP contribution is 2.39. The fourth-order valence-electron chi connectivity index (χ4n) is 2.54. The summed E-state index contributed by atoms with van der Waals surface area (Å²) < 4.78 is 39.4. The van der Waals surface area contributed by atoms with Crippen molar-refractivity contribution in [3.05, 3.63) is 63.7 Å². The lowest BCUT2D eigenvalue weighted by atomic mass is 10.1. The van der Waals surface area contributed by atoms with Gasteiger partial charge in [-0.15, -0.1) is 0 Å². The molecule has 12 heteroatoms. The summed E-state index contributed by atoms with van der Waals surface area (Å²) in [5, 5.41) is 4.50. The summed E-state index contributed by atoms with van der Waals surface area (Å²) in [6.45, 7) is 1.65. The SMILES string of the molecule is CC(NC(=O)Nc1cc(C(F)(F)F)c(Cl)cc1Br)c1nccnc1-c1ncccn1. The van der Waals surface area contributed by atoms with Crippen LogP contribution in [0.25, 0.3) is 11.5 Å². The van der Waals surface area contributed by atoms with Crippen LogP contribution in [0, 0.1) is 0 Å². The zero-order chi connectivity index (χ0) is 21.9. The second kappa shape index (κ2) is 8.92. The van der Waals surface area contributed by atoms with Crippen molar-refractivity contribution in [1.82, 2.24) is 25.3 Å². The number of carbonyl (C=O) groups excluding carboxylic acids is 1. The maximum Gasteiger partial charge on any atom is 0.417 e. The van der Waals surface area contributed by atoms with Gasteiger partial charge in [-0.3, -0.25) is 4.98 Å². The van der Waals surface area contributed by atoms with Gasteiger partial charge in [-0.1, -0.05) is 11.6 Å². The van der Waals surface area contributed by atoms with Crippen molar-refractivity contribution < 1.29 is 18.0 Å². The number of anilines is 1. The number of carbonyl (C=O) groups is 1. The third-order valence-electron chi connectivity index (χ3n) is 3.87. The Morgan fingerprint density at radius 1 is 1.10 bits per heavy atom. The van der Waals surface area contributed by atoms with E-state index in [2.05, 4.69) is 46.5 Å². The van der Waals surface area contributed by atoms with Gasteiger partial charge in [0.1, 0.15) is 5.69 Å². The van der Waals surface area contributed by atoms with Gasteiger partial charge in [0.2, 0.25) is 0 Å². The Kier molecular flexibility index (Phi) is 6.52. The van der Waals surface area contributed by atoms with E-state index in [0.717, 1.165) is 12.1 Å². The number of urea groups is 1. The average Bonchev–Trinajstić information content (AvgIpc) is 2.69. The predicted octanol–water partition coefficient (Wildman–Crippen LogP) is 5.25. The second-order valence-electron chi connectivity index (χ2n) is 5.99. The number of hydrogen-bond acceptors (Lipinski definition) is 5. The lowest BCUT2D eigenvalue weighted by Gasteiger charge is -2.17. The topological polar surface area (TPSA) is 92.7 Å². The number of halogens is 5. The van der Waals surface area contributed by atoms with E-state index in [1.807, 2.05) is 0 Å². The minimum Gasteiger partial charge on any atom is -0.330 e. The molecule has 0 saturated heterocycles. The molecule has 3 aromatic rings. The van der Waals surface area contributed by atoms with Gasteiger partial charge in [-0.2, -0.15) is 13.2 Å². The van der Waals surface area contributed by atoms with E-state index in [-0.39, 0.29) is 10.2 Å². The van der Waals surface area contributed by atoms with Crippen LogP contribution in [0.15, 0.2) is 47.5 Å². The Hall–Kier alpha value is -2.79. The number of nitrogens with zero attached hydrogens (tertiary/aromatic N) is 4. The maximum atomic E-state index is 13.1. The molecule has 0 aliphatic rings. The Morgan fingerprint density at radius 2 is 1.77 bits per heavy atom. The first kappa shape index (κ1) is 21.9. The molecule has 0 radical (unpaired) electrons. The van der Waals surface area contributed by atoms with Gasteiger partial charge in [0, 0.05) is 29.3 Å². The van der Waals surface area contributed by atoms with Gasteiger partial charge in [-0.25, -0.2) is 19.7 Å². The molecule has 1 atom stereocenters. The molecular formula is C18H13BrClF3N6O. The number of benzene rings is 1. The molecule has 1 unspecified atom stereocenters. The molecule has 2 aromatic heterocycles. The van der Waals surface area contributed by atoms with Crippen molar-refractivity contribution in [3.8, 4) is 11.5 Å². The molecule has 0 spiro atoms. The van der Waals surface area contributed by atoms with Gasteiger partial charge in [-0.05, 0) is 41.1 Å². The molecule has 2 amide bonds. The van der Waals surface area contributed by atoms with E-state index < -0.39 is 28.8 Å². The molecule has 0 saturated carbocycles. The lowest BCUT2D eigenvalue weighted by Crippen LogP contribution is -2.32. The number of nitrogens with one attached hydrogen (secondary N) is 2. The maximum absolute atomic E-state index is 13.1. The number of hydrogen-bond donors (Lipinski definition) is 2. The Balaban J connectivity index is 1.80. The molecule has 0 aliphatic carbocycles. The highest BCUT2D eigenvalue weighted by Gasteiger charge is 2.34. The smallest absolute Gasteiger partial charge is 0.330 e. The van der Waals surface area contributed by atoms with Crippen LogP contribution in [-0.4, -0.2) is 26.0 Å². The van der Waals surface area contributed by atoms with E-state index in [9.17, 15) is 18.0 Å². The summed E-state index contributed by atoms with van der Waals surface area (Å²) in [4.78, 5) is 29.1. The molecule has 1 aromatic carbocycles. The molecule has 30 heavy (non-hydrogen) atoms. The number of alkyl halides is 3. The van der Waals surface area contributed by atoms with Crippen molar-refractivity contribution in [1.29, 1.82) is 0 Å². The molecule has 0 bridgehead atoms. The number of amides is 2. The standard InChI is InChI=1S/C18H13BrClF3N6O/c1-9(14-15(25-6-5-24-14)16-26-3-2-4-27-16)28-17(30)29-13-7-10(18(21,22)23)12(20)8-11(13)19/h2-9H,1H3,(H2,28,29,30). The lowest BCUT2D eigenvalue weighted by molar-refractivity contribution is -0.137. The van der Waals surface area contributed by atoms with Gasteiger partial charge in [0.05, 0.1) is 28.0 Å². The van der Waals surface area contributed by atoms with Crippen molar-refractivity contribution in [2.24, 2.45) is 0 Å². The summed E-state index contributed by atoms with van der Waals surface area (Å²) in [6.07, 6.45) is 1.33. The van der Waals surface area contributed by atoms with Crippen LogP contribution in [-0.2, 0) is 6.18 Å². The van der Waals surface area contributed by atoms with Gasteiger partial charge in [0.25, 0.3) is 0 Å². The normalized spacial score (nSPS) is 12.3. The van der Waals surface area contributed by atoms with Crippen LogP contribution in [0.3, 0.4) is 0 Å².